The molecule has 3 aliphatic rings. The van der Waals surface area contributed by atoms with Crippen LogP contribution in [0.5, 0.6) is 0 Å². The highest BCUT2D eigenvalue weighted by Gasteiger charge is 2.54. The molecule has 0 aromatic carbocycles. The Hall–Kier alpha value is -0.600. The molecule has 0 spiro atoms. The zero-order valence-electron chi connectivity index (χ0n) is 20.5. The van der Waals surface area contributed by atoms with E-state index in [-0.39, 0.29) is 6.10 Å². The first kappa shape index (κ1) is 24.1. The number of allylic oxidation sites excluding steroid dienone is 3. The zero-order chi connectivity index (χ0) is 22.0. The van der Waals surface area contributed by atoms with E-state index in [2.05, 4.69) is 32.9 Å². The van der Waals surface area contributed by atoms with Gasteiger partial charge in [0.2, 0.25) is 0 Å². The number of hydrogen-bond donors (Lipinski definition) is 2. The molecular formula is C28H48O2. The second-order valence-electron chi connectivity index (χ2n) is 12.0. The van der Waals surface area contributed by atoms with Crippen LogP contribution in [0.4, 0.5) is 0 Å². The minimum absolute atomic E-state index is 0.120. The zero-order valence-corrected chi connectivity index (χ0v) is 20.5. The van der Waals surface area contributed by atoms with Crippen molar-refractivity contribution in [2.75, 3.05) is 0 Å². The smallest absolute Gasteiger partial charge is 0.0591 e. The Balaban J connectivity index is 1.74. The van der Waals surface area contributed by atoms with Crippen LogP contribution in [0.25, 0.3) is 0 Å². The largest absolute Gasteiger partial charge is 0.393 e. The lowest BCUT2D eigenvalue weighted by atomic mass is 9.55. The van der Waals surface area contributed by atoms with Crippen LogP contribution >= 0.6 is 0 Å². The van der Waals surface area contributed by atoms with Crippen molar-refractivity contribution in [3.63, 3.8) is 0 Å². The maximum atomic E-state index is 10.2. The molecule has 0 aromatic heterocycles. The summed E-state index contributed by atoms with van der Waals surface area (Å²) >= 11 is 0. The molecular weight excluding hydrogens is 368 g/mol. The lowest BCUT2D eigenvalue weighted by Crippen LogP contribution is -2.41. The first-order valence-corrected chi connectivity index (χ1v) is 12.9. The topological polar surface area (TPSA) is 40.5 Å². The van der Waals surface area contributed by atoms with Gasteiger partial charge in [0.15, 0.2) is 0 Å². The van der Waals surface area contributed by atoms with Gasteiger partial charge in [-0.2, -0.15) is 0 Å². The lowest BCUT2D eigenvalue weighted by Gasteiger charge is -2.49. The fraction of sp³-hybridized carbons (Fsp3) is 0.857. The third-order valence-electron chi connectivity index (χ3n) is 9.22. The highest BCUT2D eigenvalue weighted by atomic mass is 16.3. The predicted octanol–water partition coefficient (Wildman–Crippen LogP) is 7.35. The Labute approximate surface area is 186 Å². The van der Waals surface area contributed by atoms with Gasteiger partial charge in [0.25, 0.3) is 0 Å². The number of rotatable bonds is 7. The highest BCUT2D eigenvalue weighted by molar-refractivity contribution is 5.26. The molecule has 0 bridgehead atoms. The fourth-order valence-electron chi connectivity index (χ4n) is 7.35. The Kier molecular flexibility index (Phi) is 7.61. The molecule has 3 saturated carbocycles. The van der Waals surface area contributed by atoms with Gasteiger partial charge in [-0.25, -0.2) is 0 Å². The fourth-order valence-corrected chi connectivity index (χ4v) is 7.35. The molecule has 1 unspecified atom stereocenters. The maximum absolute atomic E-state index is 10.2. The maximum Gasteiger partial charge on any atom is 0.0591 e. The van der Waals surface area contributed by atoms with Crippen molar-refractivity contribution in [1.82, 2.24) is 0 Å². The molecule has 172 valence electrons. The van der Waals surface area contributed by atoms with E-state index in [1.807, 2.05) is 13.8 Å². The average Bonchev–Trinajstić information content (AvgIpc) is 3.03. The van der Waals surface area contributed by atoms with Crippen LogP contribution in [0, 0.1) is 22.7 Å². The molecule has 0 heterocycles. The van der Waals surface area contributed by atoms with Crippen LogP contribution in [-0.2, 0) is 0 Å². The van der Waals surface area contributed by atoms with Crippen molar-refractivity contribution in [2.24, 2.45) is 22.7 Å². The van der Waals surface area contributed by atoms with Crippen molar-refractivity contribution < 1.29 is 10.2 Å². The third-order valence-corrected chi connectivity index (χ3v) is 9.22. The molecule has 0 aliphatic heterocycles. The van der Waals surface area contributed by atoms with Crippen LogP contribution in [0.1, 0.15) is 118 Å². The minimum atomic E-state index is -0.544. The van der Waals surface area contributed by atoms with Gasteiger partial charge in [0, 0.05) is 0 Å². The quantitative estimate of drug-likeness (QED) is 0.455. The molecule has 0 radical (unpaired) electrons. The molecule has 2 nitrogen and oxygen atoms in total. The second kappa shape index (κ2) is 9.49. The van der Waals surface area contributed by atoms with Crippen LogP contribution in [-0.4, -0.2) is 21.9 Å². The standard InChI is InChI=1S/C28H48O2/c1-6-27(4,18-9-17-26(2,3)30)25-16-15-24-22(11-8-19-28(24,25)5)14-13-21-10-7-12-23(29)20-21/h13-14,23-25,29-30H,6-12,15-20H2,1-5H3/b21-13-,22-14+/t23-,24?,25+,27-,28-/m0/s1. The summed E-state index contributed by atoms with van der Waals surface area (Å²) in [5, 5.41) is 20.2. The van der Waals surface area contributed by atoms with E-state index in [1.54, 1.807) is 5.57 Å². The Bertz CT molecular complexity index is 640. The number of aliphatic hydroxyl groups excluding tert-OH is 1. The van der Waals surface area contributed by atoms with E-state index in [4.69, 9.17) is 0 Å². The third kappa shape index (κ3) is 5.41. The average molecular weight is 417 g/mol. The normalized spacial score (nSPS) is 37.4. The van der Waals surface area contributed by atoms with Crippen LogP contribution in [0.3, 0.4) is 0 Å². The molecule has 0 aromatic rings. The van der Waals surface area contributed by atoms with Gasteiger partial charge in [0.05, 0.1) is 11.7 Å². The van der Waals surface area contributed by atoms with E-state index in [1.165, 1.54) is 56.9 Å². The minimum Gasteiger partial charge on any atom is -0.393 e. The Morgan fingerprint density at radius 2 is 1.80 bits per heavy atom. The lowest BCUT2D eigenvalue weighted by molar-refractivity contribution is 0.0157. The van der Waals surface area contributed by atoms with Gasteiger partial charge < -0.3 is 10.2 Å². The predicted molar refractivity (Wildman–Crippen MR) is 127 cm³/mol. The summed E-state index contributed by atoms with van der Waals surface area (Å²) in [6.45, 7) is 11.4. The summed E-state index contributed by atoms with van der Waals surface area (Å²) < 4.78 is 0. The van der Waals surface area contributed by atoms with Crippen molar-refractivity contribution >= 4 is 0 Å². The molecule has 0 saturated heterocycles. The molecule has 2 heteroatoms. The van der Waals surface area contributed by atoms with Gasteiger partial charge in [-0.3, -0.25) is 0 Å². The summed E-state index contributed by atoms with van der Waals surface area (Å²) in [6.07, 6.45) is 20.1. The van der Waals surface area contributed by atoms with E-state index in [0.717, 1.165) is 43.9 Å². The van der Waals surface area contributed by atoms with E-state index < -0.39 is 5.60 Å². The molecule has 3 aliphatic carbocycles. The van der Waals surface area contributed by atoms with Crippen LogP contribution in [0.2, 0.25) is 0 Å². The Morgan fingerprint density at radius 1 is 1.03 bits per heavy atom. The Morgan fingerprint density at radius 3 is 2.47 bits per heavy atom. The van der Waals surface area contributed by atoms with Crippen molar-refractivity contribution in [3.05, 3.63) is 23.3 Å². The number of hydrogen-bond acceptors (Lipinski definition) is 2. The van der Waals surface area contributed by atoms with Gasteiger partial charge in [0.1, 0.15) is 0 Å². The summed E-state index contributed by atoms with van der Waals surface area (Å²) in [7, 11) is 0. The SMILES string of the molecule is CC[C@@](C)(CCCC(C)(C)O)[C@H]1CCC2/C(=C/C=C3/CCC[C@H](O)C3)CCC[C@@]21C. The molecule has 5 atom stereocenters. The number of fused-ring (bicyclic) bond motifs is 1. The highest BCUT2D eigenvalue weighted by Crippen LogP contribution is 2.63. The van der Waals surface area contributed by atoms with E-state index in [9.17, 15) is 10.2 Å². The van der Waals surface area contributed by atoms with Gasteiger partial charge in [-0.05, 0) is 107 Å². The summed E-state index contributed by atoms with van der Waals surface area (Å²) in [5.74, 6) is 1.52. The molecule has 3 rings (SSSR count). The second-order valence-corrected chi connectivity index (χ2v) is 12.0. The summed E-state index contributed by atoms with van der Waals surface area (Å²) in [5.41, 5.74) is 3.40. The summed E-state index contributed by atoms with van der Waals surface area (Å²) in [6, 6.07) is 0. The van der Waals surface area contributed by atoms with Crippen molar-refractivity contribution in [1.29, 1.82) is 0 Å². The molecule has 0 amide bonds. The molecule has 3 fully saturated rings. The van der Waals surface area contributed by atoms with Crippen molar-refractivity contribution in [3.8, 4) is 0 Å². The molecule has 2 N–H and O–H groups in total. The van der Waals surface area contributed by atoms with Gasteiger partial charge >= 0.3 is 0 Å². The number of aliphatic hydroxyl groups is 2. The van der Waals surface area contributed by atoms with E-state index >= 15 is 0 Å². The van der Waals surface area contributed by atoms with E-state index in [0.29, 0.717) is 10.8 Å². The molecule has 30 heavy (non-hydrogen) atoms. The van der Waals surface area contributed by atoms with Gasteiger partial charge in [-0.15, -0.1) is 0 Å². The van der Waals surface area contributed by atoms with Crippen LogP contribution < -0.4 is 0 Å². The first-order valence-electron chi connectivity index (χ1n) is 12.9. The summed E-state index contributed by atoms with van der Waals surface area (Å²) in [4.78, 5) is 0. The monoisotopic (exact) mass is 416 g/mol. The van der Waals surface area contributed by atoms with Crippen molar-refractivity contribution in [2.45, 2.75) is 130 Å². The van der Waals surface area contributed by atoms with Crippen LogP contribution in [0.15, 0.2) is 23.3 Å². The van der Waals surface area contributed by atoms with Gasteiger partial charge in [-0.1, -0.05) is 56.9 Å². The first-order chi connectivity index (χ1) is 14.1.